The summed E-state index contributed by atoms with van der Waals surface area (Å²) in [6.07, 6.45) is 1.48. The van der Waals surface area contributed by atoms with Crippen LogP contribution in [0.2, 0.25) is 0 Å². The molecule has 2 atom stereocenters. The maximum Gasteiger partial charge on any atom is 0.314 e. The largest absolute Gasteiger partial charge is 0.481 e. The van der Waals surface area contributed by atoms with Crippen LogP contribution in [0.25, 0.3) is 0 Å². The van der Waals surface area contributed by atoms with E-state index in [0.717, 1.165) is 6.42 Å². The van der Waals surface area contributed by atoms with E-state index in [0.29, 0.717) is 12.0 Å². The van der Waals surface area contributed by atoms with Gasteiger partial charge < -0.3 is 5.11 Å². The Morgan fingerprint density at radius 2 is 2.06 bits per heavy atom. The summed E-state index contributed by atoms with van der Waals surface area (Å²) in [6, 6.07) is 5.85. The number of benzene rings is 1. The first-order valence-electron chi connectivity index (χ1n) is 5.47. The van der Waals surface area contributed by atoms with Gasteiger partial charge in [0, 0.05) is 12.1 Å². The summed E-state index contributed by atoms with van der Waals surface area (Å²) in [4.78, 5) is 21.4. The first-order chi connectivity index (χ1) is 7.98. The highest BCUT2D eigenvalue weighted by atomic mass is 16.6. The van der Waals surface area contributed by atoms with Gasteiger partial charge >= 0.3 is 5.97 Å². The molecule has 1 aromatic carbocycles. The Hall–Kier alpha value is -1.91. The van der Waals surface area contributed by atoms with Gasteiger partial charge in [-0.15, -0.1) is 0 Å². The fourth-order valence-corrected chi connectivity index (χ4v) is 2.47. The van der Waals surface area contributed by atoms with Crippen molar-refractivity contribution < 1.29 is 14.8 Å². The summed E-state index contributed by atoms with van der Waals surface area (Å²) in [5.74, 6) is -0.772. The summed E-state index contributed by atoms with van der Waals surface area (Å²) in [7, 11) is 0. The summed E-state index contributed by atoms with van der Waals surface area (Å²) in [5, 5.41) is 19.9. The first-order valence-corrected chi connectivity index (χ1v) is 5.47. The Bertz CT molecular complexity index is 468. The molecule has 1 aliphatic rings. The van der Waals surface area contributed by atoms with Crippen LogP contribution < -0.4 is 0 Å². The number of carboxylic acid groups (broad SMARTS) is 1. The smallest absolute Gasteiger partial charge is 0.314 e. The standard InChI is InChI=1S/C12H13NO4/c1-8-6-7-12(8,11(14)15)9-2-4-10(5-3-9)13(16)17/h2-5,8H,6-7H2,1H3,(H,14,15). The number of rotatable bonds is 3. The minimum Gasteiger partial charge on any atom is -0.481 e. The van der Waals surface area contributed by atoms with Crippen molar-refractivity contribution in [3.63, 3.8) is 0 Å². The van der Waals surface area contributed by atoms with Gasteiger partial charge in [-0.05, 0) is 24.3 Å². The average Bonchev–Trinajstić information content (AvgIpc) is 2.28. The topological polar surface area (TPSA) is 80.4 Å². The van der Waals surface area contributed by atoms with E-state index >= 15 is 0 Å². The van der Waals surface area contributed by atoms with Gasteiger partial charge in [-0.25, -0.2) is 0 Å². The number of non-ortho nitro benzene ring substituents is 1. The van der Waals surface area contributed by atoms with Gasteiger partial charge in [0.1, 0.15) is 0 Å². The lowest BCUT2D eigenvalue weighted by molar-refractivity contribution is -0.384. The highest BCUT2D eigenvalue weighted by molar-refractivity contribution is 5.83. The van der Waals surface area contributed by atoms with E-state index in [1.165, 1.54) is 12.1 Å². The fraction of sp³-hybridized carbons (Fsp3) is 0.417. The number of nitro benzene ring substituents is 1. The maximum atomic E-state index is 11.4. The minimum atomic E-state index is -0.852. The van der Waals surface area contributed by atoms with Crippen LogP contribution in [0.4, 0.5) is 5.69 Å². The molecule has 0 saturated heterocycles. The van der Waals surface area contributed by atoms with Gasteiger partial charge in [0.25, 0.3) is 5.69 Å². The van der Waals surface area contributed by atoms with Crippen LogP contribution in [0.1, 0.15) is 25.3 Å². The summed E-state index contributed by atoms with van der Waals surface area (Å²) >= 11 is 0. The highest BCUT2D eigenvalue weighted by Crippen LogP contribution is 2.49. The zero-order valence-corrected chi connectivity index (χ0v) is 9.42. The van der Waals surface area contributed by atoms with Gasteiger partial charge in [-0.2, -0.15) is 0 Å². The lowest BCUT2D eigenvalue weighted by atomic mass is 9.57. The molecular weight excluding hydrogens is 222 g/mol. The highest BCUT2D eigenvalue weighted by Gasteiger charge is 2.51. The molecule has 2 rings (SSSR count). The Balaban J connectivity index is 2.39. The molecule has 0 radical (unpaired) electrons. The maximum absolute atomic E-state index is 11.4. The molecule has 5 nitrogen and oxygen atoms in total. The zero-order chi connectivity index (χ0) is 12.6. The molecule has 2 unspecified atom stereocenters. The van der Waals surface area contributed by atoms with Crippen LogP contribution >= 0.6 is 0 Å². The van der Waals surface area contributed by atoms with Crippen molar-refractivity contribution in [1.82, 2.24) is 0 Å². The predicted molar refractivity (Wildman–Crippen MR) is 60.8 cm³/mol. The van der Waals surface area contributed by atoms with Crippen LogP contribution in [-0.4, -0.2) is 16.0 Å². The summed E-state index contributed by atoms with van der Waals surface area (Å²) in [6.45, 7) is 1.90. The van der Waals surface area contributed by atoms with Gasteiger partial charge in [0.15, 0.2) is 0 Å². The molecule has 0 aliphatic heterocycles. The summed E-state index contributed by atoms with van der Waals surface area (Å²) in [5.41, 5.74) is -0.203. The number of hydrogen-bond donors (Lipinski definition) is 1. The number of nitrogens with zero attached hydrogens (tertiary/aromatic N) is 1. The third kappa shape index (κ3) is 1.58. The van der Waals surface area contributed by atoms with Gasteiger partial charge in [-0.1, -0.05) is 19.1 Å². The third-order valence-corrected chi connectivity index (χ3v) is 3.79. The number of carbonyl (C=O) groups is 1. The molecular formula is C12H13NO4. The van der Waals surface area contributed by atoms with E-state index in [4.69, 9.17) is 0 Å². The van der Waals surface area contributed by atoms with E-state index in [-0.39, 0.29) is 11.6 Å². The van der Waals surface area contributed by atoms with Crippen molar-refractivity contribution in [2.45, 2.75) is 25.2 Å². The Kier molecular flexibility index (Phi) is 2.61. The molecule has 1 N–H and O–H groups in total. The monoisotopic (exact) mass is 235 g/mol. The van der Waals surface area contributed by atoms with Crippen molar-refractivity contribution in [3.8, 4) is 0 Å². The molecule has 17 heavy (non-hydrogen) atoms. The minimum absolute atomic E-state index is 0.0127. The number of nitro groups is 1. The van der Waals surface area contributed by atoms with E-state index in [1.54, 1.807) is 12.1 Å². The molecule has 90 valence electrons. The van der Waals surface area contributed by atoms with Crippen molar-refractivity contribution in [1.29, 1.82) is 0 Å². The molecule has 1 fully saturated rings. The summed E-state index contributed by atoms with van der Waals surface area (Å²) < 4.78 is 0. The van der Waals surface area contributed by atoms with Crippen LogP contribution in [-0.2, 0) is 10.2 Å². The van der Waals surface area contributed by atoms with Gasteiger partial charge in [0.05, 0.1) is 10.3 Å². The lowest BCUT2D eigenvalue weighted by Gasteiger charge is -2.44. The van der Waals surface area contributed by atoms with E-state index in [1.807, 2.05) is 6.92 Å². The molecule has 1 aliphatic carbocycles. The van der Waals surface area contributed by atoms with E-state index < -0.39 is 16.3 Å². The number of hydrogen-bond acceptors (Lipinski definition) is 3. The van der Waals surface area contributed by atoms with Crippen molar-refractivity contribution in [2.24, 2.45) is 5.92 Å². The quantitative estimate of drug-likeness (QED) is 0.644. The molecule has 0 heterocycles. The van der Waals surface area contributed by atoms with Gasteiger partial charge in [-0.3, -0.25) is 14.9 Å². The van der Waals surface area contributed by atoms with Crippen LogP contribution in [0, 0.1) is 16.0 Å². The van der Waals surface area contributed by atoms with Crippen molar-refractivity contribution in [3.05, 3.63) is 39.9 Å². The molecule has 1 saturated carbocycles. The first kappa shape index (κ1) is 11.6. The SMILES string of the molecule is CC1CCC1(C(=O)O)c1ccc([N+](=O)[O-])cc1. The van der Waals surface area contributed by atoms with Crippen LogP contribution in [0.15, 0.2) is 24.3 Å². The van der Waals surface area contributed by atoms with Crippen molar-refractivity contribution >= 4 is 11.7 Å². The molecule has 0 spiro atoms. The van der Waals surface area contributed by atoms with E-state index in [9.17, 15) is 20.0 Å². The Morgan fingerprint density at radius 3 is 2.35 bits per heavy atom. The van der Waals surface area contributed by atoms with Gasteiger partial charge in [0.2, 0.25) is 0 Å². The third-order valence-electron chi connectivity index (χ3n) is 3.79. The second kappa shape index (κ2) is 3.84. The Morgan fingerprint density at radius 1 is 1.47 bits per heavy atom. The van der Waals surface area contributed by atoms with Crippen molar-refractivity contribution in [2.75, 3.05) is 0 Å². The zero-order valence-electron chi connectivity index (χ0n) is 9.42. The predicted octanol–water partition coefficient (Wildman–Crippen LogP) is 2.35. The molecule has 5 heteroatoms. The van der Waals surface area contributed by atoms with E-state index in [2.05, 4.69) is 0 Å². The lowest BCUT2D eigenvalue weighted by Crippen LogP contribution is -2.49. The number of carboxylic acids is 1. The average molecular weight is 235 g/mol. The Labute approximate surface area is 98.2 Å². The number of aliphatic carboxylic acids is 1. The molecule has 0 bridgehead atoms. The van der Waals surface area contributed by atoms with Crippen LogP contribution in [0.3, 0.4) is 0 Å². The van der Waals surface area contributed by atoms with Crippen LogP contribution in [0.5, 0.6) is 0 Å². The second-order valence-corrected chi connectivity index (χ2v) is 4.52. The normalized spacial score (nSPS) is 27.2. The molecule has 1 aromatic rings. The fourth-order valence-electron chi connectivity index (χ4n) is 2.47. The molecule has 0 aromatic heterocycles. The molecule has 0 amide bonds. The second-order valence-electron chi connectivity index (χ2n) is 4.52.